The van der Waals surface area contributed by atoms with Crippen LogP contribution in [0.4, 0.5) is 0 Å². The highest BCUT2D eigenvalue weighted by atomic mass is 127. The summed E-state index contributed by atoms with van der Waals surface area (Å²) in [4.78, 5) is 12.6. The SMILES string of the molecule is Clc1nc(-c2cncn2C2CC2)nc(Cl)c1I. The summed E-state index contributed by atoms with van der Waals surface area (Å²) < 4.78 is 2.75. The molecule has 0 spiro atoms. The maximum atomic E-state index is 6.01. The van der Waals surface area contributed by atoms with Crippen molar-refractivity contribution in [2.45, 2.75) is 18.9 Å². The molecule has 3 rings (SSSR count). The first kappa shape index (κ1) is 11.7. The van der Waals surface area contributed by atoms with Crippen LogP contribution in [0.5, 0.6) is 0 Å². The lowest BCUT2D eigenvalue weighted by Gasteiger charge is -2.06. The Kier molecular flexibility index (Phi) is 3.00. The molecule has 0 aromatic carbocycles. The number of halogens is 3. The molecule has 7 heteroatoms. The molecule has 0 amide bonds. The summed E-state index contributed by atoms with van der Waals surface area (Å²) in [6.07, 6.45) is 5.90. The Morgan fingerprint density at radius 2 is 1.88 bits per heavy atom. The highest BCUT2D eigenvalue weighted by Crippen LogP contribution is 2.38. The van der Waals surface area contributed by atoms with Crippen LogP contribution in [0.3, 0.4) is 0 Å². The van der Waals surface area contributed by atoms with Crippen molar-refractivity contribution in [2.75, 3.05) is 0 Å². The van der Waals surface area contributed by atoms with Crippen molar-refractivity contribution >= 4 is 45.8 Å². The molecule has 88 valence electrons. The van der Waals surface area contributed by atoms with Gasteiger partial charge in [0.1, 0.15) is 16.0 Å². The zero-order chi connectivity index (χ0) is 12.0. The van der Waals surface area contributed by atoms with Gasteiger partial charge in [-0.2, -0.15) is 0 Å². The van der Waals surface area contributed by atoms with E-state index >= 15 is 0 Å². The maximum Gasteiger partial charge on any atom is 0.180 e. The minimum Gasteiger partial charge on any atom is -0.325 e. The number of aromatic nitrogens is 4. The average molecular weight is 381 g/mol. The minimum absolute atomic E-state index is 0.379. The average Bonchev–Trinajstić information content (AvgIpc) is 3.03. The second-order valence-electron chi connectivity index (χ2n) is 3.86. The van der Waals surface area contributed by atoms with Crippen molar-refractivity contribution in [3.05, 3.63) is 26.4 Å². The first-order valence-electron chi connectivity index (χ1n) is 5.07. The Labute approximate surface area is 122 Å². The van der Waals surface area contributed by atoms with Crippen molar-refractivity contribution in [3.8, 4) is 11.5 Å². The lowest BCUT2D eigenvalue weighted by molar-refractivity contribution is 0.743. The molecule has 2 heterocycles. The van der Waals surface area contributed by atoms with Crippen LogP contribution in [0.2, 0.25) is 10.3 Å². The van der Waals surface area contributed by atoms with Gasteiger partial charge in [-0.15, -0.1) is 0 Å². The summed E-state index contributed by atoms with van der Waals surface area (Å²) in [6.45, 7) is 0. The fourth-order valence-electron chi connectivity index (χ4n) is 1.63. The van der Waals surface area contributed by atoms with Crippen molar-refractivity contribution < 1.29 is 0 Å². The van der Waals surface area contributed by atoms with Gasteiger partial charge in [-0.25, -0.2) is 15.0 Å². The number of hydrogen-bond donors (Lipinski definition) is 0. The Morgan fingerprint density at radius 1 is 1.24 bits per heavy atom. The molecule has 1 saturated carbocycles. The molecule has 17 heavy (non-hydrogen) atoms. The summed E-state index contributed by atoms with van der Waals surface area (Å²) in [5, 5.41) is 0.758. The van der Waals surface area contributed by atoms with Crippen LogP contribution < -0.4 is 0 Å². The minimum atomic E-state index is 0.379. The predicted molar refractivity (Wildman–Crippen MR) is 74.3 cm³/mol. The second-order valence-corrected chi connectivity index (χ2v) is 5.65. The summed E-state index contributed by atoms with van der Waals surface area (Å²) in [6, 6.07) is 0.521. The van der Waals surface area contributed by atoms with Crippen LogP contribution in [0.25, 0.3) is 11.5 Å². The zero-order valence-electron chi connectivity index (χ0n) is 8.57. The number of hydrogen-bond acceptors (Lipinski definition) is 3. The molecule has 0 aliphatic heterocycles. The van der Waals surface area contributed by atoms with Gasteiger partial charge in [-0.3, -0.25) is 0 Å². The number of imidazole rings is 1. The highest BCUT2D eigenvalue weighted by molar-refractivity contribution is 14.1. The summed E-state index contributed by atoms with van der Waals surface area (Å²) >= 11 is 14.0. The van der Waals surface area contributed by atoms with Crippen molar-refractivity contribution in [2.24, 2.45) is 0 Å². The molecule has 2 aromatic heterocycles. The molecule has 1 fully saturated rings. The molecular weight excluding hydrogens is 374 g/mol. The van der Waals surface area contributed by atoms with E-state index in [9.17, 15) is 0 Å². The Balaban J connectivity index is 2.11. The largest absolute Gasteiger partial charge is 0.325 e. The number of nitrogens with zero attached hydrogens (tertiary/aromatic N) is 4. The van der Waals surface area contributed by atoms with Crippen LogP contribution in [-0.4, -0.2) is 19.5 Å². The fourth-order valence-corrected chi connectivity index (χ4v) is 2.26. The van der Waals surface area contributed by atoms with E-state index in [1.54, 1.807) is 12.5 Å². The molecule has 2 aromatic rings. The highest BCUT2D eigenvalue weighted by Gasteiger charge is 2.26. The zero-order valence-corrected chi connectivity index (χ0v) is 12.2. The molecule has 1 aliphatic rings. The van der Waals surface area contributed by atoms with Crippen molar-refractivity contribution in [3.63, 3.8) is 0 Å². The standard InChI is InChI=1S/C10H7Cl2IN4/c11-8-7(13)9(12)16-10(15-8)6-3-14-4-17(6)5-1-2-5/h3-5H,1-2H2. The predicted octanol–water partition coefficient (Wildman–Crippen LogP) is 3.59. The first-order chi connectivity index (χ1) is 8.16. The maximum absolute atomic E-state index is 6.01. The van der Waals surface area contributed by atoms with E-state index in [2.05, 4.69) is 19.5 Å². The summed E-state index contributed by atoms with van der Waals surface area (Å²) in [5.41, 5.74) is 0.868. The third-order valence-electron chi connectivity index (χ3n) is 2.61. The van der Waals surface area contributed by atoms with E-state index in [-0.39, 0.29) is 0 Å². The molecule has 0 saturated heterocycles. The summed E-state index contributed by atoms with van der Waals surface area (Å²) in [7, 11) is 0. The van der Waals surface area contributed by atoms with E-state index < -0.39 is 0 Å². The van der Waals surface area contributed by atoms with E-state index in [0.29, 0.717) is 25.7 Å². The first-order valence-corrected chi connectivity index (χ1v) is 6.91. The summed E-state index contributed by atoms with van der Waals surface area (Å²) in [5.74, 6) is 0.532. The van der Waals surface area contributed by atoms with Gasteiger partial charge in [0.25, 0.3) is 0 Å². The third-order valence-corrected chi connectivity index (χ3v) is 4.81. The molecule has 0 atom stereocenters. The third kappa shape index (κ3) is 2.15. The molecule has 0 N–H and O–H groups in total. The van der Waals surface area contributed by atoms with Gasteiger partial charge in [-0.1, -0.05) is 23.2 Å². The Bertz CT molecular complexity index is 556. The smallest absolute Gasteiger partial charge is 0.180 e. The van der Waals surface area contributed by atoms with Gasteiger partial charge in [0, 0.05) is 6.04 Å². The Hall–Kier alpha value is -0.400. The van der Waals surface area contributed by atoms with E-state index in [0.717, 1.165) is 5.69 Å². The van der Waals surface area contributed by atoms with Crippen molar-refractivity contribution in [1.29, 1.82) is 0 Å². The topological polar surface area (TPSA) is 43.6 Å². The number of rotatable bonds is 2. The fraction of sp³-hybridized carbons (Fsp3) is 0.300. The molecule has 0 unspecified atom stereocenters. The second kappa shape index (κ2) is 4.37. The molecular formula is C10H7Cl2IN4. The molecule has 4 nitrogen and oxygen atoms in total. The van der Waals surface area contributed by atoms with Crippen LogP contribution in [-0.2, 0) is 0 Å². The monoisotopic (exact) mass is 380 g/mol. The van der Waals surface area contributed by atoms with Crippen LogP contribution in [0.1, 0.15) is 18.9 Å². The van der Waals surface area contributed by atoms with Gasteiger partial charge >= 0.3 is 0 Å². The van der Waals surface area contributed by atoms with Gasteiger partial charge in [0.05, 0.1) is 16.1 Å². The van der Waals surface area contributed by atoms with Gasteiger partial charge in [-0.05, 0) is 35.4 Å². The van der Waals surface area contributed by atoms with Gasteiger partial charge in [0.15, 0.2) is 5.82 Å². The quantitative estimate of drug-likeness (QED) is 0.590. The molecule has 0 radical (unpaired) electrons. The van der Waals surface area contributed by atoms with Gasteiger partial charge < -0.3 is 4.57 Å². The lowest BCUT2D eigenvalue weighted by Crippen LogP contribution is -2.00. The lowest BCUT2D eigenvalue weighted by atomic mass is 10.4. The Morgan fingerprint density at radius 3 is 2.47 bits per heavy atom. The van der Waals surface area contributed by atoms with Crippen LogP contribution in [0, 0.1) is 3.57 Å². The van der Waals surface area contributed by atoms with E-state index in [1.807, 2.05) is 22.6 Å². The molecule has 0 bridgehead atoms. The van der Waals surface area contributed by atoms with Crippen LogP contribution in [0.15, 0.2) is 12.5 Å². The van der Waals surface area contributed by atoms with E-state index in [4.69, 9.17) is 23.2 Å². The molecule has 1 aliphatic carbocycles. The van der Waals surface area contributed by atoms with Crippen molar-refractivity contribution in [1.82, 2.24) is 19.5 Å². The van der Waals surface area contributed by atoms with Gasteiger partial charge in [0.2, 0.25) is 0 Å². The normalized spacial score (nSPS) is 15.2. The van der Waals surface area contributed by atoms with E-state index in [1.165, 1.54) is 12.8 Å². The van der Waals surface area contributed by atoms with Crippen LogP contribution >= 0.6 is 45.8 Å².